The molecule has 0 radical (unpaired) electrons. The fourth-order valence-electron chi connectivity index (χ4n) is 1.94. The minimum Gasteiger partial charge on any atom is -0.451 e. The van der Waals surface area contributed by atoms with E-state index in [1.54, 1.807) is 24.4 Å². The third kappa shape index (κ3) is 5.57. The van der Waals surface area contributed by atoms with Gasteiger partial charge in [-0.2, -0.15) is 0 Å². The van der Waals surface area contributed by atoms with E-state index in [1.165, 1.54) is 23.5 Å². The van der Waals surface area contributed by atoms with Crippen molar-refractivity contribution in [1.82, 2.24) is 5.32 Å². The molecule has 0 saturated heterocycles. The molecular formula is C16H17N3O5S. The quantitative estimate of drug-likeness (QED) is 0.322. The Morgan fingerprint density at radius 1 is 1.20 bits per heavy atom. The Hall–Kier alpha value is -2.94. The lowest BCUT2D eigenvalue weighted by Gasteiger charge is -2.08. The molecule has 0 aliphatic heterocycles. The van der Waals surface area contributed by atoms with Crippen molar-refractivity contribution in [2.75, 3.05) is 25.0 Å². The Morgan fingerprint density at radius 3 is 2.52 bits per heavy atom. The summed E-state index contributed by atoms with van der Waals surface area (Å²) in [6.45, 7) is 2.22. The SMILES string of the molecule is Cc1ccsc1C(=O)OCC(=O)NCCNc1ccc([N+](=O)[O-])cc1. The van der Waals surface area contributed by atoms with Crippen LogP contribution in [0.1, 0.15) is 15.2 Å². The van der Waals surface area contributed by atoms with E-state index in [9.17, 15) is 19.7 Å². The minimum atomic E-state index is -0.508. The van der Waals surface area contributed by atoms with Crippen molar-refractivity contribution in [3.8, 4) is 0 Å². The lowest BCUT2D eigenvalue weighted by Crippen LogP contribution is -2.32. The van der Waals surface area contributed by atoms with Gasteiger partial charge in [0.25, 0.3) is 11.6 Å². The average Bonchev–Trinajstić information content (AvgIpc) is 3.03. The highest BCUT2D eigenvalue weighted by Crippen LogP contribution is 2.16. The second-order valence-electron chi connectivity index (χ2n) is 5.09. The van der Waals surface area contributed by atoms with Crippen molar-refractivity contribution < 1.29 is 19.2 Å². The summed E-state index contributed by atoms with van der Waals surface area (Å²) in [4.78, 5) is 34.0. The van der Waals surface area contributed by atoms with Gasteiger partial charge in [0.15, 0.2) is 6.61 Å². The normalized spacial score (nSPS) is 10.1. The highest BCUT2D eigenvalue weighted by Gasteiger charge is 2.13. The van der Waals surface area contributed by atoms with E-state index in [0.717, 1.165) is 5.56 Å². The van der Waals surface area contributed by atoms with Crippen molar-refractivity contribution in [2.24, 2.45) is 0 Å². The van der Waals surface area contributed by atoms with Gasteiger partial charge >= 0.3 is 5.97 Å². The molecule has 0 atom stereocenters. The summed E-state index contributed by atoms with van der Waals surface area (Å²) < 4.78 is 4.96. The van der Waals surface area contributed by atoms with Gasteiger partial charge in [0.1, 0.15) is 4.88 Å². The minimum absolute atomic E-state index is 0.0154. The Labute approximate surface area is 148 Å². The number of carbonyl (C=O) groups excluding carboxylic acids is 2. The number of nitro benzene ring substituents is 1. The fraction of sp³-hybridized carbons (Fsp3) is 0.250. The molecule has 8 nitrogen and oxygen atoms in total. The molecule has 25 heavy (non-hydrogen) atoms. The first-order valence-electron chi connectivity index (χ1n) is 7.43. The van der Waals surface area contributed by atoms with E-state index >= 15 is 0 Å². The van der Waals surface area contributed by atoms with Crippen LogP contribution in [0.15, 0.2) is 35.7 Å². The summed E-state index contributed by atoms with van der Waals surface area (Å²) in [5.41, 5.74) is 1.55. The van der Waals surface area contributed by atoms with Crippen LogP contribution in [0.4, 0.5) is 11.4 Å². The van der Waals surface area contributed by atoms with E-state index in [-0.39, 0.29) is 12.3 Å². The van der Waals surface area contributed by atoms with Crippen LogP contribution in [-0.4, -0.2) is 36.5 Å². The number of non-ortho nitro benzene ring substituents is 1. The van der Waals surface area contributed by atoms with E-state index in [2.05, 4.69) is 10.6 Å². The molecule has 2 aromatic rings. The van der Waals surface area contributed by atoms with E-state index in [0.29, 0.717) is 23.7 Å². The molecular weight excluding hydrogens is 346 g/mol. The number of nitro groups is 1. The maximum absolute atomic E-state index is 11.8. The number of carbonyl (C=O) groups is 2. The van der Waals surface area contributed by atoms with Gasteiger partial charge in [-0.3, -0.25) is 14.9 Å². The summed E-state index contributed by atoms with van der Waals surface area (Å²) in [6.07, 6.45) is 0. The topological polar surface area (TPSA) is 111 Å². The van der Waals surface area contributed by atoms with Crippen LogP contribution < -0.4 is 10.6 Å². The Morgan fingerprint density at radius 2 is 1.92 bits per heavy atom. The predicted molar refractivity (Wildman–Crippen MR) is 93.9 cm³/mol. The highest BCUT2D eigenvalue weighted by molar-refractivity contribution is 7.12. The Kier molecular flexibility index (Phi) is 6.47. The molecule has 132 valence electrons. The van der Waals surface area contributed by atoms with Gasteiger partial charge in [-0.1, -0.05) is 0 Å². The zero-order valence-electron chi connectivity index (χ0n) is 13.5. The van der Waals surface area contributed by atoms with Gasteiger partial charge in [0, 0.05) is 30.9 Å². The molecule has 0 saturated carbocycles. The van der Waals surface area contributed by atoms with E-state index < -0.39 is 16.8 Å². The Balaban J connectivity index is 1.64. The first-order chi connectivity index (χ1) is 12.0. The Bertz CT molecular complexity index is 757. The summed E-state index contributed by atoms with van der Waals surface area (Å²) >= 11 is 1.27. The number of nitrogens with one attached hydrogen (secondary N) is 2. The van der Waals surface area contributed by atoms with Gasteiger partial charge in [-0.25, -0.2) is 4.79 Å². The van der Waals surface area contributed by atoms with Crippen LogP contribution in [0.5, 0.6) is 0 Å². The van der Waals surface area contributed by atoms with Gasteiger partial charge in [0.05, 0.1) is 4.92 Å². The number of nitrogens with zero attached hydrogens (tertiary/aromatic N) is 1. The predicted octanol–water partition coefficient (Wildman–Crippen LogP) is 2.35. The third-order valence-electron chi connectivity index (χ3n) is 3.24. The molecule has 0 unspecified atom stereocenters. The summed E-state index contributed by atoms with van der Waals surface area (Å²) in [5.74, 6) is -0.903. The number of rotatable bonds is 8. The molecule has 1 heterocycles. The van der Waals surface area contributed by atoms with Gasteiger partial charge in [-0.05, 0) is 36.1 Å². The molecule has 1 aromatic heterocycles. The molecule has 9 heteroatoms. The fourth-order valence-corrected chi connectivity index (χ4v) is 2.76. The molecule has 0 aliphatic carbocycles. The number of amides is 1. The van der Waals surface area contributed by atoms with Crippen molar-refractivity contribution in [2.45, 2.75) is 6.92 Å². The van der Waals surface area contributed by atoms with E-state index in [1.807, 2.05) is 6.07 Å². The zero-order chi connectivity index (χ0) is 18.2. The molecule has 1 amide bonds. The van der Waals surface area contributed by atoms with Crippen molar-refractivity contribution in [1.29, 1.82) is 0 Å². The van der Waals surface area contributed by atoms with Crippen molar-refractivity contribution in [3.05, 3.63) is 56.3 Å². The third-order valence-corrected chi connectivity index (χ3v) is 4.23. The zero-order valence-corrected chi connectivity index (χ0v) is 14.3. The van der Waals surface area contributed by atoms with Crippen LogP contribution in [0.25, 0.3) is 0 Å². The van der Waals surface area contributed by atoms with Crippen molar-refractivity contribution in [3.63, 3.8) is 0 Å². The summed E-state index contributed by atoms with van der Waals surface area (Å²) in [6, 6.07) is 7.78. The van der Waals surface area contributed by atoms with Crippen LogP contribution in [0.2, 0.25) is 0 Å². The second-order valence-corrected chi connectivity index (χ2v) is 6.01. The van der Waals surface area contributed by atoms with Crippen LogP contribution in [0, 0.1) is 17.0 Å². The number of aryl methyl sites for hydroxylation is 1. The molecule has 1 aromatic carbocycles. The number of esters is 1. The monoisotopic (exact) mass is 363 g/mol. The number of thiophene rings is 1. The number of ether oxygens (including phenoxy) is 1. The first kappa shape index (κ1) is 18.4. The standard InChI is InChI=1S/C16H17N3O5S/c1-11-6-9-25-15(11)16(21)24-10-14(20)18-8-7-17-12-2-4-13(5-3-12)19(22)23/h2-6,9,17H,7-8,10H2,1H3,(H,18,20). The lowest BCUT2D eigenvalue weighted by molar-refractivity contribution is -0.384. The maximum Gasteiger partial charge on any atom is 0.349 e. The van der Waals surface area contributed by atoms with E-state index in [4.69, 9.17) is 4.74 Å². The molecule has 2 rings (SSSR count). The lowest BCUT2D eigenvalue weighted by atomic mass is 10.3. The van der Waals surface area contributed by atoms with Gasteiger partial charge in [-0.15, -0.1) is 11.3 Å². The smallest absolute Gasteiger partial charge is 0.349 e. The highest BCUT2D eigenvalue weighted by atomic mass is 32.1. The molecule has 0 fully saturated rings. The summed E-state index contributed by atoms with van der Waals surface area (Å²) in [5, 5.41) is 18.0. The van der Waals surface area contributed by atoms with Crippen LogP contribution in [-0.2, 0) is 9.53 Å². The second kappa shape index (κ2) is 8.78. The average molecular weight is 363 g/mol. The molecule has 0 spiro atoms. The summed E-state index contributed by atoms with van der Waals surface area (Å²) in [7, 11) is 0. The maximum atomic E-state index is 11.8. The van der Waals surface area contributed by atoms with Gasteiger partial charge in [0.2, 0.25) is 0 Å². The number of benzene rings is 1. The van der Waals surface area contributed by atoms with Crippen LogP contribution in [0.3, 0.4) is 0 Å². The van der Waals surface area contributed by atoms with Gasteiger partial charge < -0.3 is 15.4 Å². The number of hydrogen-bond donors (Lipinski definition) is 2. The molecule has 0 aliphatic rings. The number of anilines is 1. The molecule has 0 bridgehead atoms. The first-order valence-corrected chi connectivity index (χ1v) is 8.31. The largest absolute Gasteiger partial charge is 0.451 e. The number of hydrogen-bond acceptors (Lipinski definition) is 7. The van der Waals surface area contributed by atoms with Crippen LogP contribution >= 0.6 is 11.3 Å². The molecule has 2 N–H and O–H groups in total. The van der Waals surface area contributed by atoms with Crippen molar-refractivity contribution >= 4 is 34.6 Å².